The Morgan fingerprint density at radius 1 is 1.07 bits per heavy atom. The lowest BCUT2D eigenvalue weighted by molar-refractivity contribution is 0.944. The molecule has 2 aromatic carbocycles. The van der Waals surface area contributed by atoms with E-state index in [9.17, 15) is 0 Å². The Kier molecular flexibility index (Phi) is 1.84. The summed E-state index contributed by atoms with van der Waals surface area (Å²) in [6.45, 7) is 3.05. The van der Waals surface area contributed by atoms with Crippen molar-refractivity contribution < 1.29 is 0 Å². The number of hydrogen-bond acceptors (Lipinski definition) is 1. The first-order valence-electron chi connectivity index (χ1n) is 5.38. The van der Waals surface area contributed by atoms with E-state index in [0.29, 0.717) is 0 Å². The second-order valence-corrected chi connectivity index (χ2v) is 4.07. The third-order valence-electron chi connectivity index (χ3n) is 3.09. The van der Waals surface area contributed by atoms with E-state index in [2.05, 4.69) is 48.3 Å². The smallest absolute Gasteiger partial charge is 0.0433 e. The van der Waals surface area contributed by atoms with E-state index in [1.807, 2.05) is 0 Å². The molecule has 1 heteroatoms. The van der Waals surface area contributed by atoms with E-state index < -0.39 is 0 Å². The van der Waals surface area contributed by atoms with Crippen LogP contribution >= 0.6 is 0 Å². The molecule has 1 aliphatic rings. The summed E-state index contributed by atoms with van der Waals surface area (Å²) in [6, 6.07) is 13.1. The predicted molar refractivity (Wildman–Crippen MR) is 64.7 cm³/mol. The Labute approximate surface area is 89.5 Å². The molecular formula is C14H13N. The Morgan fingerprint density at radius 3 is 2.60 bits per heavy atom. The number of benzene rings is 2. The normalized spacial score (nSPS) is 14.9. The molecule has 0 N–H and O–H groups in total. The fourth-order valence-electron chi connectivity index (χ4n) is 2.26. The van der Waals surface area contributed by atoms with Gasteiger partial charge in [-0.1, -0.05) is 30.3 Å². The second kappa shape index (κ2) is 3.20. The lowest BCUT2D eigenvalue weighted by Gasteiger charge is -2.15. The largest absolute Gasteiger partial charge is 0.289 e. The molecule has 0 bridgehead atoms. The average molecular weight is 195 g/mol. The van der Waals surface area contributed by atoms with Crippen LogP contribution in [-0.2, 0) is 6.42 Å². The highest BCUT2D eigenvalue weighted by atomic mass is 14.7. The minimum atomic E-state index is 0.942. The molecule has 74 valence electrons. The maximum absolute atomic E-state index is 4.49. The first kappa shape index (κ1) is 8.66. The van der Waals surface area contributed by atoms with E-state index in [1.165, 1.54) is 27.6 Å². The van der Waals surface area contributed by atoms with Gasteiger partial charge in [0, 0.05) is 12.3 Å². The summed E-state index contributed by atoms with van der Waals surface area (Å²) in [5, 5.41) is 2.65. The molecule has 2 aromatic rings. The van der Waals surface area contributed by atoms with Crippen molar-refractivity contribution in [3.63, 3.8) is 0 Å². The molecule has 0 radical (unpaired) electrons. The first-order valence-corrected chi connectivity index (χ1v) is 5.38. The third-order valence-corrected chi connectivity index (χ3v) is 3.09. The van der Waals surface area contributed by atoms with Gasteiger partial charge in [-0.15, -0.1) is 0 Å². The van der Waals surface area contributed by atoms with Gasteiger partial charge in [-0.05, 0) is 41.3 Å². The molecule has 1 aliphatic heterocycles. The molecule has 1 heterocycles. The number of aliphatic imine (C=N–C) groups is 1. The molecule has 0 fully saturated rings. The molecule has 0 saturated heterocycles. The van der Waals surface area contributed by atoms with Crippen LogP contribution in [0.25, 0.3) is 10.8 Å². The summed E-state index contributed by atoms with van der Waals surface area (Å²) in [6.07, 6.45) is 1.08. The summed E-state index contributed by atoms with van der Waals surface area (Å²) in [5.74, 6) is 0. The average Bonchev–Trinajstić information content (AvgIpc) is 2.27. The Hall–Kier alpha value is -1.63. The van der Waals surface area contributed by atoms with Crippen LogP contribution in [0, 0.1) is 0 Å². The molecule has 0 saturated carbocycles. The molecule has 0 atom stereocenters. The fourth-order valence-corrected chi connectivity index (χ4v) is 2.26. The van der Waals surface area contributed by atoms with Crippen molar-refractivity contribution in [1.29, 1.82) is 0 Å². The van der Waals surface area contributed by atoms with Crippen LogP contribution in [0.3, 0.4) is 0 Å². The van der Waals surface area contributed by atoms with Gasteiger partial charge in [0.1, 0.15) is 0 Å². The van der Waals surface area contributed by atoms with Gasteiger partial charge in [-0.3, -0.25) is 4.99 Å². The third kappa shape index (κ3) is 1.35. The predicted octanol–water partition coefficient (Wildman–Crippen LogP) is 3.20. The van der Waals surface area contributed by atoms with Crippen LogP contribution in [0.1, 0.15) is 18.1 Å². The molecule has 0 aliphatic carbocycles. The summed E-state index contributed by atoms with van der Waals surface area (Å²) in [7, 11) is 0. The number of rotatable bonds is 0. The Morgan fingerprint density at radius 2 is 1.80 bits per heavy atom. The second-order valence-electron chi connectivity index (χ2n) is 4.07. The quantitative estimate of drug-likeness (QED) is 0.612. The van der Waals surface area contributed by atoms with Crippen LogP contribution in [-0.4, -0.2) is 12.3 Å². The minimum Gasteiger partial charge on any atom is -0.289 e. The molecule has 3 rings (SSSR count). The van der Waals surface area contributed by atoms with Crippen LogP contribution in [0.5, 0.6) is 0 Å². The van der Waals surface area contributed by atoms with Gasteiger partial charge in [0.25, 0.3) is 0 Å². The van der Waals surface area contributed by atoms with Crippen molar-refractivity contribution >= 4 is 16.5 Å². The van der Waals surface area contributed by atoms with E-state index in [4.69, 9.17) is 0 Å². The monoisotopic (exact) mass is 195 g/mol. The highest BCUT2D eigenvalue weighted by Gasteiger charge is 2.10. The maximum Gasteiger partial charge on any atom is 0.0433 e. The lowest BCUT2D eigenvalue weighted by atomic mass is 9.94. The lowest BCUT2D eigenvalue weighted by Crippen LogP contribution is -2.09. The zero-order chi connectivity index (χ0) is 10.3. The van der Waals surface area contributed by atoms with Crippen molar-refractivity contribution in [2.24, 2.45) is 4.99 Å². The summed E-state index contributed by atoms with van der Waals surface area (Å²) in [5.41, 5.74) is 3.96. The first-order chi connectivity index (χ1) is 7.34. The van der Waals surface area contributed by atoms with Crippen molar-refractivity contribution in [3.05, 3.63) is 47.5 Å². The summed E-state index contributed by atoms with van der Waals surface area (Å²) >= 11 is 0. The minimum absolute atomic E-state index is 0.942. The zero-order valence-corrected chi connectivity index (χ0v) is 8.83. The fraction of sp³-hybridized carbons (Fsp3) is 0.214. The van der Waals surface area contributed by atoms with E-state index >= 15 is 0 Å². The Balaban J connectivity index is 2.34. The molecular weight excluding hydrogens is 182 g/mol. The van der Waals surface area contributed by atoms with Crippen molar-refractivity contribution in [3.8, 4) is 0 Å². The molecule has 0 aromatic heterocycles. The molecule has 0 unspecified atom stereocenters. The molecule has 0 amide bonds. The van der Waals surface area contributed by atoms with E-state index in [0.717, 1.165) is 13.0 Å². The number of hydrogen-bond donors (Lipinski definition) is 0. The zero-order valence-electron chi connectivity index (χ0n) is 8.83. The standard InChI is InChI=1S/C14H13N/c1-10-14-9-12-5-3-2-4-11(12)8-13(14)6-7-15-10/h2-5,8-9H,6-7H2,1H3. The SMILES string of the molecule is CC1=NCCc2cc3ccccc3cc21. The van der Waals surface area contributed by atoms with E-state index in [1.54, 1.807) is 0 Å². The molecule has 15 heavy (non-hydrogen) atoms. The van der Waals surface area contributed by atoms with Gasteiger partial charge < -0.3 is 0 Å². The van der Waals surface area contributed by atoms with E-state index in [-0.39, 0.29) is 0 Å². The van der Waals surface area contributed by atoms with Crippen LogP contribution in [0.2, 0.25) is 0 Å². The van der Waals surface area contributed by atoms with Crippen LogP contribution < -0.4 is 0 Å². The maximum atomic E-state index is 4.49. The van der Waals surface area contributed by atoms with Crippen LogP contribution in [0.4, 0.5) is 0 Å². The highest BCUT2D eigenvalue weighted by molar-refractivity contribution is 6.04. The molecule has 1 nitrogen and oxygen atoms in total. The van der Waals surface area contributed by atoms with Gasteiger partial charge in [-0.25, -0.2) is 0 Å². The van der Waals surface area contributed by atoms with Gasteiger partial charge in [0.2, 0.25) is 0 Å². The van der Waals surface area contributed by atoms with Gasteiger partial charge in [0.05, 0.1) is 0 Å². The topological polar surface area (TPSA) is 12.4 Å². The van der Waals surface area contributed by atoms with Crippen LogP contribution in [0.15, 0.2) is 41.4 Å². The van der Waals surface area contributed by atoms with Crippen molar-refractivity contribution in [1.82, 2.24) is 0 Å². The highest BCUT2D eigenvalue weighted by Crippen LogP contribution is 2.23. The van der Waals surface area contributed by atoms with Crippen molar-refractivity contribution in [2.75, 3.05) is 6.54 Å². The number of fused-ring (bicyclic) bond motifs is 2. The van der Waals surface area contributed by atoms with Gasteiger partial charge in [0.15, 0.2) is 0 Å². The summed E-state index contributed by atoms with van der Waals surface area (Å²) in [4.78, 5) is 4.49. The molecule has 0 spiro atoms. The number of nitrogens with zero attached hydrogens (tertiary/aromatic N) is 1. The Bertz CT molecular complexity index is 552. The van der Waals surface area contributed by atoms with Gasteiger partial charge >= 0.3 is 0 Å². The summed E-state index contributed by atoms with van der Waals surface area (Å²) < 4.78 is 0. The van der Waals surface area contributed by atoms with Gasteiger partial charge in [-0.2, -0.15) is 0 Å². The van der Waals surface area contributed by atoms with Crippen molar-refractivity contribution in [2.45, 2.75) is 13.3 Å².